The van der Waals surface area contributed by atoms with Gasteiger partial charge < -0.3 is 14.8 Å². The Morgan fingerprint density at radius 2 is 2.30 bits per heavy atom. The Morgan fingerprint density at radius 3 is 3.04 bits per heavy atom. The van der Waals surface area contributed by atoms with E-state index in [1.165, 1.54) is 15.9 Å². The fourth-order valence-corrected chi connectivity index (χ4v) is 3.67. The second kappa shape index (κ2) is 6.54. The third-order valence-electron chi connectivity index (χ3n) is 4.12. The van der Waals surface area contributed by atoms with E-state index in [2.05, 4.69) is 10.3 Å². The molecule has 1 aliphatic rings. The van der Waals surface area contributed by atoms with Gasteiger partial charge in [-0.15, -0.1) is 11.3 Å². The highest BCUT2D eigenvalue weighted by atomic mass is 32.1. The number of nitrogens with one attached hydrogen (secondary N) is 1. The first-order chi connectivity index (χ1) is 11.1. The van der Waals surface area contributed by atoms with Crippen molar-refractivity contribution in [3.63, 3.8) is 0 Å². The number of aryl methyl sites for hydroxylation is 2. The lowest BCUT2D eigenvalue weighted by Crippen LogP contribution is -2.49. The van der Waals surface area contributed by atoms with Crippen molar-refractivity contribution in [2.75, 3.05) is 18.0 Å². The maximum atomic E-state index is 12.4. The van der Waals surface area contributed by atoms with Gasteiger partial charge in [0.2, 0.25) is 0 Å². The van der Waals surface area contributed by atoms with Crippen LogP contribution in [0.25, 0.3) is 0 Å². The molecule has 3 heterocycles. The van der Waals surface area contributed by atoms with Crippen LogP contribution in [0.3, 0.4) is 0 Å². The normalized spacial score (nSPS) is 18.0. The van der Waals surface area contributed by atoms with Crippen LogP contribution >= 0.6 is 11.3 Å². The Balaban J connectivity index is 1.71. The molecule has 2 aromatic heterocycles. The van der Waals surface area contributed by atoms with E-state index >= 15 is 0 Å². The smallest absolute Gasteiger partial charge is 0.293 e. The second-order valence-electron chi connectivity index (χ2n) is 5.86. The number of hydrogen-bond acceptors (Lipinski definition) is 5. The highest BCUT2D eigenvalue weighted by Crippen LogP contribution is 2.18. The Bertz CT molecular complexity index is 767. The van der Waals surface area contributed by atoms with Crippen LogP contribution < -0.4 is 15.8 Å². The summed E-state index contributed by atoms with van der Waals surface area (Å²) in [4.78, 5) is 31.5. The maximum Gasteiger partial charge on any atom is 0.293 e. The van der Waals surface area contributed by atoms with Gasteiger partial charge in [-0.05, 0) is 36.8 Å². The van der Waals surface area contributed by atoms with E-state index in [0.29, 0.717) is 12.4 Å². The summed E-state index contributed by atoms with van der Waals surface area (Å²) in [5, 5.41) is 5.01. The molecule has 0 spiro atoms. The van der Waals surface area contributed by atoms with Gasteiger partial charge in [0.25, 0.3) is 11.5 Å². The molecule has 6 nitrogen and oxygen atoms in total. The van der Waals surface area contributed by atoms with Crippen molar-refractivity contribution in [2.24, 2.45) is 7.05 Å². The third-order valence-corrected chi connectivity index (χ3v) is 5.14. The predicted octanol–water partition coefficient (Wildman–Crippen LogP) is 1.55. The number of carbonyl (C=O) groups excluding carboxylic acids is 1. The van der Waals surface area contributed by atoms with Gasteiger partial charge in [-0.2, -0.15) is 0 Å². The Morgan fingerprint density at radius 1 is 1.48 bits per heavy atom. The minimum atomic E-state index is -0.103. The third kappa shape index (κ3) is 3.29. The zero-order valence-corrected chi connectivity index (χ0v) is 14.1. The fourth-order valence-electron chi connectivity index (χ4n) is 2.85. The molecule has 122 valence electrons. The van der Waals surface area contributed by atoms with Crippen LogP contribution in [-0.4, -0.2) is 34.6 Å². The predicted molar refractivity (Wildman–Crippen MR) is 91.2 cm³/mol. The van der Waals surface area contributed by atoms with Crippen LogP contribution in [0.1, 0.15) is 28.1 Å². The number of anilines is 1. The molecule has 2 aromatic rings. The van der Waals surface area contributed by atoms with Crippen LogP contribution in [0.2, 0.25) is 0 Å². The van der Waals surface area contributed by atoms with Crippen molar-refractivity contribution < 1.29 is 4.79 Å². The van der Waals surface area contributed by atoms with E-state index in [-0.39, 0.29) is 17.5 Å². The topological polar surface area (TPSA) is 67.2 Å². The van der Waals surface area contributed by atoms with E-state index in [4.69, 9.17) is 0 Å². The van der Waals surface area contributed by atoms with E-state index in [1.54, 1.807) is 19.4 Å². The van der Waals surface area contributed by atoms with E-state index < -0.39 is 0 Å². The monoisotopic (exact) mass is 332 g/mol. The van der Waals surface area contributed by atoms with Crippen LogP contribution in [0, 0.1) is 6.92 Å². The summed E-state index contributed by atoms with van der Waals surface area (Å²) in [5.74, 6) is 0.430. The van der Waals surface area contributed by atoms with Gasteiger partial charge >= 0.3 is 0 Å². The molecule has 0 saturated carbocycles. The first kappa shape index (κ1) is 15.7. The standard InChI is InChI=1S/C16H20N4O2S/c1-11-5-9-23-13(11)15(21)18-12-4-3-7-20(10-12)14-16(22)19(2)8-6-17-14/h5-6,8-9,12H,3-4,7,10H2,1-2H3,(H,18,21)/t12-/m0/s1. The molecule has 1 saturated heterocycles. The van der Waals surface area contributed by atoms with Crippen LogP contribution in [-0.2, 0) is 7.05 Å². The number of rotatable bonds is 3. The minimum Gasteiger partial charge on any atom is -0.350 e. The molecular formula is C16H20N4O2S. The lowest BCUT2D eigenvalue weighted by molar-refractivity contribution is 0.0936. The molecule has 1 N–H and O–H groups in total. The zero-order valence-electron chi connectivity index (χ0n) is 13.3. The van der Waals surface area contributed by atoms with Gasteiger partial charge in [-0.25, -0.2) is 4.98 Å². The number of piperidine rings is 1. The van der Waals surface area contributed by atoms with Crippen LogP contribution in [0.4, 0.5) is 5.82 Å². The zero-order chi connectivity index (χ0) is 16.4. The summed E-state index contributed by atoms with van der Waals surface area (Å²) in [6.45, 7) is 3.34. The van der Waals surface area contributed by atoms with Crippen molar-refractivity contribution in [1.82, 2.24) is 14.9 Å². The highest BCUT2D eigenvalue weighted by molar-refractivity contribution is 7.12. The molecule has 0 aliphatic carbocycles. The Labute approximate surface area is 138 Å². The number of hydrogen-bond donors (Lipinski definition) is 1. The van der Waals surface area contributed by atoms with Crippen molar-refractivity contribution in [3.05, 3.63) is 44.6 Å². The van der Waals surface area contributed by atoms with E-state index in [1.807, 2.05) is 23.3 Å². The minimum absolute atomic E-state index is 0.0294. The van der Waals surface area contributed by atoms with E-state index in [0.717, 1.165) is 29.8 Å². The number of amides is 1. The van der Waals surface area contributed by atoms with Crippen LogP contribution in [0.5, 0.6) is 0 Å². The molecule has 1 fully saturated rings. The quantitative estimate of drug-likeness (QED) is 0.926. The highest BCUT2D eigenvalue weighted by Gasteiger charge is 2.25. The lowest BCUT2D eigenvalue weighted by atomic mass is 10.1. The van der Waals surface area contributed by atoms with Gasteiger partial charge in [0.05, 0.1) is 4.88 Å². The number of carbonyl (C=O) groups is 1. The molecule has 1 aliphatic heterocycles. The molecule has 1 atom stereocenters. The van der Waals surface area contributed by atoms with Crippen molar-refractivity contribution in [1.29, 1.82) is 0 Å². The molecule has 7 heteroatoms. The number of thiophene rings is 1. The van der Waals surface area contributed by atoms with Crippen molar-refractivity contribution >= 4 is 23.1 Å². The second-order valence-corrected chi connectivity index (χ2v) is 6.77. The summed E-state index contributed by atoms with van der Waals surface area (Å²) in [7, 11) is 1.72. The molecule has 0 bridgehead atoms. The summed E-state index contributed by atoms with van der Waals surface area (Å²) in [6.07, 6.45) is 5.12. The summed E-state index contributed by atoms with van der Waals surface area (Å²) < 4.78 is 1.53. The fraction of sp³-hybridized carbons (Fsp3) is 0.438. The molecular weight excluding hydrogens is 312 g/mol. The largest absolute Gasteiger partial charge is 0.350 e. The van der Waals surface area contributed by atoms with Crippen LogP contribution in [0.15, 0.2) is 28.6 Å². The maximum absolute atomic E-state index is 12.4. The first-order valence-electron chi connectivity index (χ1n) is 7.68. The average Bonchev–Trinajstić information content (AvgIpc) is 2.96. The molecule has 0 unspecified atom stereocenters. The van der Waals surface area contributed by atoms with Gasteiger partial charge in [0.1, 0.15) is 0 Å². The summed E-state index contributed by atoms with van der Waals surface area (Å²) in [6, 6.07) is 1.98. The van der Waals surface area contributed by atoms with Gasteiger partial charge in [-0.3, -0.25) is 9.59 Å². The SMILES string of the molecule is Cc1ccsc1C(=O)N[C@H]1CCCN(c2nccn(C)c2=O)C1. The van der Waals surface area contributed by atoms with Crippen molar-refractivity contribution in [3.8, 4) is 0 Å². The molecule has 0 radical (unpaired) electrons. The van der Waals surface area contributed by atoms with Gasteiger partial charge in [0, 0.05) is 38.6 Å². The lowest BCUT2D eigenvalue weighted by Gasteiger charge is -2.33. The Hall–Kier alpha value is -2.15. The molecule has 1 amide bonds. The van der Waals surface area contributed by atoms with Gasteiger partial charge in [0.15, 0.2) is 5.82 Å². The summed E-state index contributed by atoms with van der Waals surface area (Å²) >= 11 is 1.46. The number of aromatic nitrogens is 2. The van der Waals surface area contributed by atoms with Gasteiger partial charge in [-0.1, -0.05) is 0 Å². The average molecular weight is 332 g/mol. The van der Waals surface area contributed by atoms with E-state index in [9.17, 15) is 9.59 Å². The molecule has 3 rings (SSSR count). The molecule has 23 heavy (non-hydrogen) atoms. The molecule has 0 aromatic carbocycles. The number of nitrogens with zero attached hydrogens (tertiary/aromatic N) is 3. The first-order valence-corrected chi connectivity index (χ1v) is 8.56. The van der Waals surface area contributed by atoms with Crippen molar-refractivity contribution in [2.45, 2.75) is 25.8 Å². The Kier molecular flexibility index (Phi) is 4.47. The summed E-state index contributed by atoms with van der Waals surface area (Å²) in [5.41, 5.74) is 0.896.